The van der Waals surface area contributed by atoms with Crippen LogP contribution in [-0.4, -0.2) is 5.78 Å². The van der Waals surface area contributed by atoms with Crippen molar-refractivity contribution in [2.75, 3.05) is 0 Å². The van der Waals surface area contributed by atoms with E-state index in [0.717, 1.165) is 0 Å². The first-order valence-corrected chi connectivity index (χ1v) is 4.96. The smallest absolute Gasteiger partial charge is 0.202 e. The molecule has 1 aromatic carbocycles. The van der Waals surface area contributed by atoms with Crippen LogP contribution in [0.4, 0.5) is 4.39 Å². The van der Waals surface area contributed by atoms with E-state index in [-0.39, 0.29) is 18.0 Å². The van der Waals surface area contributed by atoms with E-state index < -0.39 is 0 Å². The predicted molar refractivity (Wildman–Crippen MR) is 60.1 cm³/mol. The van der Waals surface area contributed by atoms with Crippen LogP contribution in [0.1, 0.15) is 22.5 Å². The second kappa shape index (κ2) is 3.93. The minimum Gasteiger partial charge on any atom is -0.453 e. The van der Waals surface area contributed by atoms with E-state index in [1.807, 2.05) is 0 Å². The monoisotopic (exact) mass is 218 g/mol. The fourth-order valence-electron chi connectivity index (χ4n) is 1.68. The van der Waals surface area contributed by atoms with E-state index in [0.29, 0.717) is 22.3 Å². The summed E-state index contributed by atoms with van der Waals surface area (Å²) in [5.74, 6) is -0.177. The van der Waals surface area contributed by atoms with Crippen molar-refractivity contribution < 1.29 is 13.6 Å². The number of halogens is 1. The van der Waals surface area contributed by atoms with Crippen LogP contribution >= 0.6 is 0 Å². The van der Waals surface area contributed by atoms with Crippen molar-refractivity contribution in [1.82, 2.24) is 0 Å². The third-order valence-corrected chi connectivity index (χ3v) is 2.48. The molecule has 0 unspecified atom stereocenters. The number of Topliss-reactive ketones (excluding diaryl/α,β-unsaturated/α-hetero) is 1. The van der Waals surface area contributed by atoms with Gasteiger partial charge in [-0.2, -0.15) is 0 Å². The molecule has 0 bridgehead atoms. The zero-order valence-electron chi connectivity index (χ0n) is 8.92. The van der Waals surface area contributed by atoms with Crippen LogP contribution in [-0.2, 0) is 0 Å². The van der Waals surface area contributed by atoms with Gasteiger partial charge in [0.15, 0.2) is 5.76 Å². The number of benzene rings is 1. The molecule has 0 aliphatic rings. The standard InChI is InChI=1S/C13H11FO2/c1-3-4-11(15)13-8(2)10-7-9(14)5-6-12(10)16-13/h3,5-7H,1,4H2,2H3. The average Bonchev–Trinajstić information content (AvgIpc) is 2.57. The number of furan rings is 1. The SMILES string of the molecule is C=CCC(=O)c1oc2ccc(F)cc2c1C. The highest BCUT2D eigenvalue weighted by atomic mass is 19.1. The summed E-state index contributed by atoms with van der Waals surface area (Å²) in [6.07, 6.45) is 1.75. The number of ketones is 1. The lowest BCUT2D eigenvalue weighted by Crippen LogP contribution is -1.96. The van der Waals surface area contributed by atoms with E-state index >= 15 is 0 Å². The number of aryl methyl sites for hydroxylation is 1. The first-order valence-electron chi connectivity index (χ1n) is 4.96. The minimum atomic E-state index is -0.334. The summed E-state index contributed by atoms with van der Waals surface area (Å²) in [7, 11) is 0. The maximum absolute atomic E-state index is 13.0. The molecule has 3 heteroatoms. The Morgan fingerprint density at radius 3 is 3.00 bits per heavy atom. The van der Waals surface area contributed by atoms with E-state index in [4.69, 9.17) is 4.42 Å². The second-order valence-corrected chi connectivity index (χ2v) is 3.61. The third-order valence-electron chi connectivity index (χ3n) is 2.48. The van der Waals surface area contributed by atoms with Gasteiger partial charge in [0, 0.05) is 17.4 Å². The van der Waals surface area contributed by atoms with Gasteiger partial charge >= 0.3 is 0 Å². The lowest BCUT2D eigenvalue weighted by molar-refractivity contribution is 0.0970. The molecule has 0 atom stereocenters. The highest BCUT2D eigenvalue weighted by Gasteiger charge is 2.16. The third kappa shape index (κ3) is 1.65. The molecule has 0 saturated heterocycles. The predicted octanol–water partition coefficient (Wildman–Crippen LogP) is 3.64. The molecule has 0 radical (unpaired) electrons. The van der Waals surface area contributed by atoms with Crippen molar-refractivity contribution in [3.63, 3.8) is 0 Å². The van der Waals surface area contributed by atoms with E-state index in [9.17, 15) is 9.18 Å². The van der Waals surface area contributed by atoms with Gasteiger partial charge in [-0.05, 0) is 25.1 Å². The van der Waals surface area contributed by atoms with E-state index in [1.165, 1.54) is 24.3 Å². The largest absolute Gasteiger partial charge is 0.453 e. The Hall–Kier alpha value is -1.90. The molecule has 2 rings (SSSR count). The second-order valence-electron chi connectivity index (χ2n) is 3.61. The number of fused-ring (bicyclic) bond motifs is 1. The first kappa shape index (κ1) is 10.6. The van der Waals surface area contributed by atoms with Crippen LogP contribution < -0.4 is 0 Å². The molecule has 2 nitrogen and oxygen atoms in total. The van der Waals surface area contributed by atoms with Crippen molar-refractivity contribution in [1.29, 1.82) is 0 Å². The molecule has 0 fully saturated rings. The number of carbonyl (C=O) groups is 1. The number of rotatable bonds is 3. The van der Waals surface area contributed by atoms with E-state index in [2.05, 4.69) is 6.58 Å². The molecule has 82 valence electrons. The maximum Gasteiger partial charge on any atom is 0.202 e. The molecule has 0 N–H and O–H groups in total. The van der Waals surface area contributed by atoms with Crippen molar-refractivity contribution in [2.24, 2.45) is 0 Å². The van der Waals surface area contributed by atoms with Crippen LogP contribution in [0.25, 0.3) is 11.0 Å². The van der Waals surface area contributed by atoms with Crippen LogP contribution in [0.5, 0.6) is 0 Å². The maximum atomic E-state index is 13.0. The summed E-state index contributed by atoms with van der Waals surface area (Å²) in [6, 6.07) is 4.22. The minimum absolute atomic E-state index is 0.135. The summed E-state index contributed by atoms with van der Waals surface area (Å²) in [5, 5.41) is 0.646. The van der Waals surface area contributed by atoms with Crippen molar-refractivity contribution in [2.45, 2.75) is 13.3 Å². The van der Waals surface area contributed by atoms with Crippen molar-refractivity contribution >= 4 is 16.8 Å². The van der Waals surface area contributed by atoms with Gasteiger partial charge in [-0.1, -0.05) is 6.08 Å². The van der Waals surface area contributed by atoms with Crippen molar-refractivity contribution in [3.05, 3.63) is 48.0 Å². The molecule has 0 saturated carbocycles. The lowest BCUT2D eigenvalue weighted by atomic mass is 10.1. The van der Waals surface area contributed by atoms with Crippen LogP contribution in [0.15, 0.2) is 35.3 Å². The molecule has 1 heterocycles. The Labute approximate surface area is 92.4 Å². The summed E-state index contributed by atoms with van der Waals surface area (Å²) < 4.78 is 18.4. The van der Waals surface area contributed by atoms with Gasteiger partial charge in [0.1, 0.15) is 11.4 Å². The molecular formula is C13H11FO2. The number of allylic oxidation sites excluding steroid dienone is 1. The lowest BCUT2D eigenvalue weighted by Gasteiger charge is -1.93. The van der Waals surface area contributed by atoms with Gasteiger partial charge in [0.25, 0.3) is 0 Å². The Morgan fingerprint density at radius 1 is 1.56 bits per heavy atom. The molecule has 0 aliphatic heterocycles. The summed E-state index contributed by atoms with van der Waals surface area (Å²) in [4.78, 5) is 11.7. The quantitative estimate of drug-likeness (QED) is 0.581. The fraction of sp³-hybridized carbons (Fsp3) is 0.154. The van der Waals surface area contributed by atoms with Gasteiger partial charge < -0.3 is 4.42 Å². The molecule has 0 aliphatic carbocycles. The molecule has 0 spiro atoms. The average molecular weight is 218 g/mol. The first-order chi connectivity index (χ1) is 7.63. The number of carbonyl (C=O) groups excluding carboxylic acids is 1. The van der Waals surface area contributed by atoms with Crippen molar-refractivity contribution in [3.8, 4) is 0 Å². The Balaban J connectivity index is 2.60. The molecule has 0 amide bonds. The molecule has 16 heavy (non-hydrogen) atoms. The zero-order valence-corrected chi connectivity index (χ0v) is 8.92. The Kier molecular flexibility index (Phi) is 2.60. The summed E-state index contributed by atoms with van der Waals surface area (Å²) in [6.45, 7) is 5.25. The van der Waals surface area contributed by atoms with Gasteiger partial charge in [0.2, 0.25) is 5.78 Å². The highest BCUT2D eigenvalue weighted by molar-refractivity contribution is 6.00. The van der Waals surface area contributed by atoms with Gasteiger partial charge in [-0.25, -0.2) is 4.39 Å². The van der Waals surface area contributed by atoms with Crippen LogP contribution in [0.2, 0.25) is 0 Å². The molecule has 2 aromatic rings. The number of hydrogen-bond donors (Lipinski definition) is 0. The Bertz CT molecular complexity index is 567. The van der Waals surface area contributed by atoms with Gasteiger partial charge in [-0.15, -0.1) is 6.58 Å². The van der Waals surface area contributed by atoms with E-state index in [1.54, 1.807) is 6.92 Å². The summed E-state index contributed by atoms with van der Waals surface area (Å²) in [5.41, 5.74) is 1.22. The topological polar surface area (TPSA) is 30.2 Å². The van der Waals surface area contributed by atoms with Gasteiger partial charge in [0.05, 0.1) is 0 Å². The zero-order chi connectivity index (χ0) is 11.7. The number of hydrogen-bond acceptors (Lipinski definition) is 2. The highest BCUT2D eigenvalue weighted by Crippen LogP contribution is 2.26. The fourth-order valence-corrected chi connectivity index (χ4v) is 1.68. The van der Waals surface area contributed by atoms with Crippen LogP contribution in [0.3, 0.4) is 0 Å². The normalized spacial score (nSPS) is 10.6. The molecule has 1 aromatic heterocycles. The summed E-state index contributed by atoms with van der Waals surface area (Å²) >= 11 is 0. The van der Waals surface area contributed by atoms with Gasteiger partial charge in [-0.3, -0.25) is 4.79 Å². The molecular weight excluding hydrogens is 207 g/mol. The Morgan fingerprint density at radius 2 is 2.31 bits per heavy atom. The van der Waals surface area contributed by atoms with Crippen LogP contribution in [0, 0.1) is 12.7 Å².